The van der Waals surface area contributed by atoms with E-state index in [2.05, 4.69) is 5.32 Å². The number of carbonyl (C=O) groups is 1. The van der Waals surface area contributed by atoms with Crippen molar-refractivity contribution in [2.45, 2.75) is 30.8 Å². The van der Waals surface area contributed by atoms with Crippen molar-refractivity contribution in [1.29, 1.82) is 0 Å². The van der Waals surface area contributed by atoms with Crippen LogP contribution in [0.15, 0.2) is 29.2 Å². The van der Waals surface area contributed by atoms with Gasteiger partial charge in [0, 0.05) is 12.3 Å². The molecule has 0 aliphatic heterocycles. The Morgan fingerprint density at radius 1 is 1.40 bits per heavy atom. The highest BCUT2D eigenvalue weighted by atomic mass is 32.2. The molecule has 20 heavy (non-hydrogen) atoms. The molecule has 1 rings (SSSR count). The highest BCUT2D eigenvalue weighted by Crippen LogP contribution is 2.17. The van der Waals surface area contributed by atoms with Gasteiger partial charge in [0.15, 0.2) is 9.84 Å². The van der Waals surface area contributed by atoms with Crippen molar-refractivity contribution >= 4 is 15.8 Å². The molecule has 0 heterocycles. The topological polar surface area (TPSA) is 92.7 Å². The zero-order chi connectivity index (χ0) is 15.3. The predicted molar refractivity (Wildman–Crippen MR) is 74.7 cm³/mol. The van der Waals surface area contributed by atoms with Crippen LogP contribution in [-0.2, 0) is 14.6 Å². The number of benzene rings is 1. The fourth-order valence-electron chi connectivity index (χ4n) is 1.57. The maximum absolute atomic E-state index is 11.4. The summed E-state index contributed by atoms with van der Waals surface area (Å²) in [7, 11) is -3.31. The SMILES string of the molecule is CC(C)NC(COc1cccc(S(C)(=O)=O)c1)C(=O)O. The maximum atomic E-state index is 11.4. The second-order valence-corrected chi connectivity index (χ2v) is 6.79. The van der Waals surface area contributed by atoms with E-state index in [0.717, 1.165) is 6.26 Å². The average Bonchev–Trinajstić information content (AvgIpc) is 2.33. The van der Waals surface area contributed by atoms with Crippen LogP contribution in [0.25, 0.3) is 0 Å². The van der Waals surface area contributed by atoms with Gasteiger partial charge in [0.1, 0.15) is 18.4 Å². The van der Waals surface area contributed by atoms with Crippen LogP contribution >= 0.6 is 0 Å². The van der Waals surface area contributed by atoms with E-state index in [1.165, 1.54) is 12.1 Å². The summed E-state index contributed by atoms with van der Waals surface area (Å²) in [5.41, 5.74) is 0. The first-order valence-corrected chi connectivity index (χ1v) is 8.01. The Morgan fingerprint density at radius 2 is 2.05 bits per heavy atom. The van der Waals surface area contributed by atoms with Crippen LogP contribution in [0, 0.1) is 0 Å². The van der Waals surface area contributed by atoms with Gasteiger partial charge in [0.2, 0.25) is 0 Å². The van der Waals surface area contributed by atoms with E-state index < -0.39 is 21.8 Å². The van der Waals surface area contributed by atoms with Crippen molar-refractivity contribution in [3.05, 3.63) is 24.3 Å². The van der Waals surface area contributed by atoms with Gasteiger partial charge in [-0.1, -0.05) is 19.9 Å². The Morgan fingerprint density at radius 3 is 2.55 bits per heavy atom. The van der Waals surface area contributed by atoms with E-state index in [-0.39, 0.29) is 17.5 Å². The number of carboxylic acids is 1. The minimum absolute atomic E-state index is 0.00190. The van der Waals surface area contributed by atoms with Crippen molar-refractivity contribution in [2.75, 3.05) is 12.9 Å². The summed E-state index contributed by atoms with van der Waals surface area (Å²) < 4.78 is 28.2. The summed E-state index contributed by atoms with van der Waals surface area (Å²) in [6.45, 7) is 3.58. The van der Waals surface area contributed by atoms with Gasteiger partial charge in [0.05, 0.1) is 4.90 Å². The molecule has 0 saturated heterocycles. The number of hydrogen-bond donors (Lipinski definition) is 2. The molecule has 1 aromatic rings. The number of aliphatic carboxylic acids is 1. The molecule has 2 N–H and O–H groups in total. The molecule has 7 heteroatoms. The summed E-state index contributed by atoms with van der Waals surface area (Å²) >= 11 is 0. The summed E-state index contributed by atoms with van der Waals surface area (Å²) in [5.74, 6) is -0.692. The Hall–Kier alpha value is -1.60. The molecule has 0 fully saturated rings. The van der Waals surface area contributed by atoms with Crippen LogP contribution in [-0.4, -0.2) is 44.4 Å². The minimum atomic E-state index is -3.31. The molecule has 1 atom stereocenters. The Kier molecular flexibility index (Phi) is 5.52. The smallest absolute Gasteiger partial charge is 0.324 e. The van der Waals surface area contributed by atoms with Crippen LogP contribution in [0.3, 0.4) is 0 Å². The first-order valence-electron chi connectivity index (χ1n) is 6.12. The molecule has 1 aromatic carbocycles. The second-order valence-electron chi connectivity index (χ2n) is 4.77. The van der Waals surface area contributed by atoms with Gasteiger partial charge in [-0.15, -0.1) is 0 Å². The van der Waals surface area contributed by atoms with E-state index in [1.807, 2.05) is 13.8 Å². The van der Waals surface area contributed by atoms with E-state index in [0.29, 0.717) is 5.75 Å². The van der Waals surface area contributed by atoms with Crippen molar-refractivity contribution in [3.63, 3.8) is 0 Å². The first kappa shape index (κ1) is 16.5. The molecule has 112 valence electrons. The van der Waals surface area contributed by atoms with Gasteiger partial charge in [-0.3, -0.25) is 10.1 Å². The van der Waals surface area contributed by atoms with Crippen LogP contribution in [0.1, 0.15) is 13.8 Å². The lowest BCUT2D eigenvalue weighted by molar-refractivity contribution is -0.140. The fourth-order valence-corrected chi connectivity index (χ4v) is 2.22. The maximum Gasteiger partial charge on any atom is 0.324 e. The number of ether oxygens (including phenoxy) is 1. The third-order valence-electron chi connectivity index (χ3n) is 2.48. The summed E-state index contributed by atoms with van der Waals surface area (Å²) in [6, 6.07) is 5.13. The summed E-state index contributed by atoms with van der Waals surface area (Å²) in [4.78, 5) is 11.2. The molecule has 0 amide bonds. The van der Waals surface area contributed by atoms with E-state index in [4.69, 9.17) is 9.84 Å². The van der Waals surface area contributed by atoms with E-state index in [1.54, 1.807) is 12.1 Å². The molecule has 1 unspecified atom stereocenters. The van der Waals surface area contributed by atoms with Crippen molar-refractivity contribution in [2.24, 2.45) is 0 Å². The first-order chi connectivity index (χ1) is 9.20. The highest BCUT2D eigenvalue weighted by molar-refractivity contribution is 7.90. The molecular weight excluding hydrogens is 282 g/mol. The Labute approximate surface area is 118 Å². The van der Waals surface area contributed by atoms with E-state index >= 15 is 0 Å². The zero-order valence-corrected chi connectivity index (χ0v) is 12.5. The fraction of sp³-hybridized carbons (Fsp3) is 0.462. The van der Waals surface area contributed by atoms with Gasteiger partial charge < -0.3 is 9.84 Å². The molecule has 0 aliphatic rings. The lowest BCUT2D eigenvalue weighted by Crippen LogP contribution is -2.44. The van der Waals surface area contributed by atoms with Crippen LogP contribution < -0.4 is 10.1 Å². The molecule has 0 aromatic heterocycles. The van der Waals surface area contributed by atoms with Crippen LogP contribution in [0.5, 0.6) is 5.75 Å². The van der Waals surface area contributed by atoms with Crippen LogP contribution in [0.2, 0.25) is 0 Å². The molecule has 0 aliphatic carbocycles. The van der Waals surface area contributed by atoms with Gasteiger partial charge in [-0.25, -0.2) is 8.42 Å². The second kappa shape index (κ2) is 6.71. The molecule has 6 nitrogen and oxygen atoms in total. The number of nitrogens with one attached hydrogen (secondary N) is 1. The predicted octanol–water partition coefficient (Wildman–Crippen LogP) is 0.920. The standard InChI is InChI=1S/C13H19NO5S/c1-9(2)14-12(13(15)16)8-19-10-5-4-6-11(7-10)20(3,17)18/h4-7,9,12,14H,8H2,1-3H3,(H,15,16). The van der Waals surface area contributed by atoms with Crippen molar-refractivity contribution in [3.8, 4) is 5.75 Å². The van der Waals surface area contributed by atoms with Gasteiger partial charge >= 0.3 is 5.97 Å². The molecule has 0 bridgehead atoms. The number of rotatable bonds is 7. The quantitative estimate of drug-likeness (QED) is 0.778. The van der Waals surface area contributed by atoms with E-state index in [9.17, 15) is 13.2 Å². The monoisotopic (exact) mass is 301 g/mol. The largest absolute Gasteiger partial charge is 0.491 e. The number of hydrogen-bond acceptors (Lipinski definition) is 5. The number of carboxylic acid groups (broad SMARTS) is 1. The highest BCUT2D eigenvalue weighted by Gasteiger charge is 2.19. The third-order valence-corrected chi connectivity index (χ3v) is 3.59. The lowest BCUT2D eigenvalue weighted by atomic mass is 10.2. The minimum Gasteiger partial charge on any atom is -0.491 e. The molecular formula is C13H19NO5S. The molecule has 0 radical (unpaired) electrons. The van der Waals surface area contributed by atoms with Crippen LogP contribution in [0.4, 0.5) is 0 Å². The van der Waals surface area contributed by atoms with Crippen molar-refractivity contribution < 1.29 is 23.1 Å². The van der Waals surface area contributed by atoms with Gasteiger partial charge in [0.25, 0.3) is 0 Å². The van der Waals surface area contributed by atoms with Gasteiger partial charge in [-0.05, 0) is 18.2 Å². The lowest BCUT2D eigenvalue weighted by Gasteiger charge is -2.18. The van der Waals surface area contributed by atoms with Crippen molar-refractivity contribution in [1.82, 2.24) is 5.32 Å². The molecule has 0 saturated carbocycles. The average molecular weight is 301 g/mol. The number of sulfone groups is 1. The normalized spacial score (nSPS) is 13.2. The Balaban J connectivity index is 2.76. The van der Waals surface area contributed by atoms with Gasteiger partial charge in [-0.2, -0.15) is 0 Å². The summed E-state index contributed by atoms with van der Waals surface area (Å²) in [5, 5.41) is 11.9. The third kappa shape index (κ3) is 5.18. The Bertz CT molecular complexity index is 568. The molecule has 0 spiro atoms. The summed E-state index contributed by atoms with van der Waals surface area (Å²) in [6.07, 6.45) is 1.10. The zero-order valence-electron chi connectivity index (χ0n) is 11.7.